The summed E-state index contributed by atoms with van der Waals surface area (Å²) in [4.78, 5) is 0. The fourth-order valence-corrected chi connectivity index (χ4v) is 3.74. The van der Waals surface area contributed by atoms with Crippen LogP contribution in [0.15, 0.2) is 39.5 Å². The highest BCUT2D eigenvalue weighted by Gasteiger charge is 2.14. The lowest BCUT2D eigenvalue weighted by Crippen LogP contribution is -2.23. The number of likely N-dealkylation sites (N-methyl/N-ethyl adjacent to an activating group) is 1. The normalized spacial score (nSPS) is 12.6. The Morgan fingerprint density at radius 2 is 2.22 bits per heavy atom. The molecule has 0 fully saturated rings. The Balaban J connectivity index is 2.26. The van der Waals surface area contributed by atoms with E-state index in [1.807, 2.05) is 0 Å². The minimum absolute atomic E-state index is 0.383. The maximum absolute atomic E-state index is 3.58. The van der Waals surface area contributed by atoms with Gasteiger partial charge in [-0.2, -0.15) is 11.3 Å². The van der Waals surface area contributed by atoms with Gasteiger partial charge in [0.25, 0.3) is 0 Å². The summed E-state index contributed by atoms with van der Waals surface area (Å²) >= 11 is 7.74. The molecule has 1 aromatic heterocycles. The number of benzene rings is 1. The van der Waals surface area contributed by atoms with Gasteiger partial charge in [-0.25, -0.2) is 0 Å². The number of thiophene rings is 1. The van der Waals surface area contributed by atoms with Gasteiger partial charge in [0.1, 0.15) is 0 Å². The second-order valence-electron chi connectivity index (χ2n) is 4.11. The molecule has 1 nitrogen and oxygen atoms in total. The van der Waals surface area contributed by atoms with Crippen LogP contribution in [0.5, 0.6) is 0 Å². The van der Waals surface area contributed by atoms with Gasteiger partial charge < -0.3 is 5.32 Å². The summed E-state index contributed by atoms with van der Waals surface area (Å²) in [5.74, 6) is 0. The molecule has 0 saturated carbocycles. The summed E-state index contributed by atoms with van der Waals surface area (Å²) < 4.78 is 2.46. The minimum Gasteiger partial charge on any atom is -0.310 e. The molecule has 0 aliphatic carbocycles. The molecule has 1 unspecified atom stereocenters. The molecular formula is C14H15BrINS. The number of hydrogen-bond acceptors (Lipinski definition) is 2. The molecule has 96 valence electrons. The predicted molar refractivity (Wildman–Crippen MR) is 91.3 cm³/mol. The maximum Gasteiger partial charge on any atom is 0.0372 e. The van der Waals surface area contributed by atoms with Crippen LogP contribution in [0.3, 0.4) is 0 Å². The molecule has 1 aromatic carbocycles. The third kappa shape index (κ3) is 3.79. The van der Waals surface area contributed by atoms with E-state index in [-0.39, 0.29) is 0 Å². The number of hydrogen-bond donors (Lipinski definition) is 1. The van der Waals surface area contributed by atoms with Gasteiger partial charge >= 0.3 is 0 Å². The molecule has 18 heavy (non-hydrogen) atoms. The Hall–Kier alpha value is 0.0900. The highest BCUT2D eigenvalue weighted by atomic mass is 127. The van der Waals surface area contributed by atoms with Crippen molar-refractivity contribution in [2.75, 3.05) is 6.54 Å². The highest BCUT2D eigenvalue weighted by molar-refractivity contribution is 14.1. The lowest BCUT2D eigenvalue weighted by atomic mass is 10.0. The molecule has 2 rings (SSSR count). The quantitative estimate of drug-likeness (QED) is 0.651. The van der Waals surface area contributed by atoms with E-state index in [2.05, 4.69) is 85.8 Å². The Bertz CT molecular complexity index is 499. The topological polar surface area (TPSA) is 12.0 Å². The number of halogens is 2. The van der Waals surface area contributed by atoms with Gasteiger partial charge in [-0.1, -0.05) is 22.9 Å². The van der Waals surface area contributed by atoms with Gasteiger partial charge in [-0.15, -0.1) is 0 Å². The zero-order chi connectivity index (χ0) is 13.0. The van der Waals surface area contributed by atoms with E-state index >= 15 is 0 Å². The molecule has 0 radical (unpaired) electrons. The molecular weight excluding hydrogens is 421 g/mol. The Kier molecular flexibility index (Phi) is 5.66. The standard InChI is InChI=1S/C14H15BrINS/c1-2-17-14(7-10-5-6-18-9-10)12-8-11(15)3-4-13(12)16/h3-6,8-9,14,17H,2,7H2,1H3. The predicted octanol–water partition coefficient (Wildman–Crippen LogP) is 5.01. The summed E-state index contributed by atoms with van der Waals surface area (Å²) in [6.45, 7) is 3.14. The lowest BCUT2D eigenvalue weighted by molar-refractivity contribution is 0.548. The Labute approximate surface area is 134 Å². The van der Waals surface area contributed by atoms with E-state index < -0.39 is 0 Å². The van der Waals surface area contributed by atoms with Crippen LogP contribution in [0.1, 0.15) is 24.1 Å². The molecule has 1 N–H and O–H groups in total. The maximum atomic E-state index is 3.58. The molecule has 0 spiro atoms. The third-order valence-corrected chi connectivity index (χ3v) is 5.01. The van der Waals surface area contributed by atoms with E-state index in [1.165, 1.54) is 14.7 Å². The summed E-state index contributed by atoms with van der Waals surface area (Å²) in [6.07, 6.45) is 1.05. The van der Waals surface area contributed by atoms with Gasteiger partial charge in [0.2, 0.25) is 0 Å². The monoisotopic (exact) mass is 435 g/mol. The van der Waals surface area contributed by atoms with Crippen LogP contribution in [0, 0.1) is 3.57 Å². The fraction of sp³-hybridized carbons (Fsp3) is 0.286. The van der Waals surface area contributed by atoms with Crippen LogP contribution >= 0.6 is 49.9 Å². The summed E-state index contributed by atoms with van der Waals surface area (Å²) in [5.41, 5.74) is 2.78. The third-order valence-electron chi connectivity index (χ3n) is 2.80. The van der Waals surface area contributed by atoms with Crippen molar-refractivity contribution in [2.24, 2.45) is 0 Å². The minimum atomic E-state index is 0.383. The van der Waals surface area contributed by atoms with Crippen LogP contribution in [-0.2, 0) is 6.42 Å². The second-order valence-corrected chi connectivity index (χ2v) is 6.97. The number of nitrogens with one attached hydrogen (secondary N) is 1. The van der Waals surface area contributed by atoms with Gasteiger partial charge in [0.05, 0.1) is 0 Å². The molecule has 2 aromatic rings. The van der Waals surface area contributed by atoms with Crippen LogP contribution in [0.4, 0.5) is 0 Å². The second kappa shape index (κ2) is 7.03. The van der Waals surface area contributed by atoms with Crippen molar-refractivity contribution >= 4 is 49.9 Å². The molecule has 0 amide bonds. The van der Waals surface area contributed by atoms with Crippen molar-refractivity contribution in [3.8, 4) is 0 Å². The number of rotatable bonds is 5. The lowest BCUT2D eigenvalue weighted by Gasteiger charge is -2.19. The first-order chi connectivity index (χ1) is 8.70. The van der Waals surface area contributed by atoms with E-state index in [0.29, 0.717) is 6.04 Å². The van der Waals surface area contributed by atoms with E-state index in [1.54, 1.807) is 11.3 Å². The van der Waals surface area contributed by atoms with E-state index in [0.717, 1.165) is 17.4 Å². The van der Waals surface area contributed by atoms with E-state index in [9.17, 15) is 0 Å². The van der Waals surface area contributed by atoms with Gasteiger partial charge in [-0.3, -0.25) is 0 Å². The zero-order valence-electron chi connectivity index (χ0n) is 10.1. The molecule has 0 saturated heterocycles. The first-order valence-corrected chi connectivity index (χ1v) is 8.71. The first kappa shape index (κ1) is 14.5. The first-order valence-electron chi connectivity index (χ1n) is 5.90. The summed E-state index contributed by atoms with van der Waals surface area (Å²) in [6, 6.07) is 9.08. The molecule has 4 heteroatoms. The van der Waals surface area contributed by atoms with Crippen molar-refractivity contribution < 1.29 is 0 Å². The Morgan fingerprint density at radius 3 is 2.89 bits per heavy atom. The highest BCUT2D eigenvalue weighted by Crippen LogP contribution is 2.27. The molecule has 1 heterocycles. The van der Waals surface area contributed by atoms with Crippen molar-refractivity contribution in [2.45, 2.75) is 19.4 Å². The van der Waals surface area contributed by atoms with Crippen LogP contribution in [0.25, 0.3) is 0 Å². The van der Waals surface area contributed by atoms with Gasteiger partial charge in [0, 0.05) is 14.1 Å². The molecule has 1 atom stereocenters. The molecule has 0 aliphatic heterocycles. The van der Waals surface area contributed by atoms with Crippen LogP contribution in [-0.4, -0.2) is 6.54 Å². The molecule has 0 bridgehead atoms. The van der Waals surface area contributed by atoms with Gasteiger partial charge in [-0.05, 0) is 81.7 Å². The smallest absolute Gasteiger partial charge is 0.0372 e. The molecule has 0 aliphatic rings. The zero-order valence-corrected chi connectivity index (χ0v) is 14.7. The van der Waals surface area contributed by atoms with Crippen molar-refractivity contribution in [3.63, 3.8) is 0 Å². The summed E-state index contributed by atoms with van der Waals surface area (Å²) in [7, 11) is 0. The summed E-state index contributed by atoms with van der Waals surface area (Å²) in [5, 5.41) is 7.96. The average Bonchev–Trinajstić information content (AvgIpc) is 2.85. The fourth-order valence-electron chi connectivity index (χ4n) is 1.96. The van der Waals surface area contributed by atoms with Gasteiger partial charge in [0.15, 0.2) is 0 Å². The Morgan fingerprint density at radius 1 is 1.39 bits per heavy atom. The SMILES string of the molecule is CCNC(Cc1ccsc1)c1cc(Br)ccc1I. The largest absolute Gasteiger partial charge is 0.310 e. The van der Waals surface area contributed by atoms with Crippen molar-refractivity contribution in [1.29, 1.82) is 0 Å². The van der Waals surface area contributed by atoms with Crippen LogP contribution in [0.2, 0.25) is 0 Å². The average molecular weight is 436 g/mol. The van der Waals surface area contributed by atoms with Crippen molar-refractivity contribution in [3.05, 3.63) is 54.2 Å². The van der Waals surface area contributed by atoms with Crippen LogP contribution < -0.4 is 5.32 Å². The van der Waals surface area contributed by atoms with E-state index in [4.69, 9.17) is 0 Å². The van der Waals surface area contributed by atoms with Crippen molar-refractivity contribution in [1.82, 2.24) is 5.32 Å².